The van der Waals surface area contributed by atoms with Gasteiger partial charge in [-0.3, -0.25) is 18.9 Å². The van der Waals surface area contributed by atoms with Crippen molar-refractivity contribution in [1.29, 1.82) is 0 Å². The predicted molar refractivity (Wildman–Crippen MR) is 83.5 cm³/mol. The molecule has 15 heteroatoms. The molecule has 2 rings (SSSR count). The van der Waals surface area contributed by atoms with Crippen molar-refractivity contribution < 1.29 is 42.2 Å². The molecule has 146 valence electrons. The molecule has 1 aromatic heterocycles. The second-order valence-corrected chi connectivity index (χ2v) is 7.62. The van der Waals surface area contributed by atoms with Gasteiger partial charge in [-0.05, 0) is 0 Å². The van der Waals surface area contributed by atoms with Crippen molar-refractivity contribution in [2.24, 2.45) is 0 Å². The molecular formula is C11H17N2O11P2+. The average Bonchev–Trinajstić information content (AvgIpc) is 2.89. The minimum atomic E-state index is -4.07. The molecule has 2 heterocycles. The Labute approximate surface area is 146 Å². The van der Waals surface area contributed by atoms with Crippen molar-refractivity contribution >= 4 is 15.9 Å². The maximum absolute atomic E-state index is 12.0. The molecule has 26 heavy (non-hydrogen) atoms. The van der Waals surface area contributed by atoms with Crippen molar-refractivity contribution in [1.82, 2.24) is 9.55 Å². The monoisotopic (exact) mass is 415 g/mol. The molecule has 1 aliphatic heterocycles. The quantitative estimate of drug-likeness (QED) is 0.455. The number of H-pyrrole nitrogens is 1. The highest BCUT2D eigenvalue weighted by Crippen LogP contribution is 2.43. The first kappa shape index (κ1) is 21.0. The van der Waals surface area contributed by atoms with Crippen LogP contribution in [0.5, 0.6) is 0 Å². The van der Waals surface area contributed by atoms with Gasteiger partial charge < -0.3 is 23.6 Å². The fraction of sp³-hybridized carbons (Fsp3) is 0.636. The molecule has 0 radical (unpaired) electrons. The molecule has 0 amide bonds. The maximum atomic E-state index is 12.0. The number of nitrogens with zero attached hydrogens (tertiary/aromatic N) is 1. The molecule has 0 saturated carbocycles. The lowest BCUT2D eigenvalue weighted by Gasteiger charge is -2.19. The summed E-state index contributed by atoms with van der Waals surface area (Å²) in [4.78, 5) is 43.6. The highest BCUT2D eigenvalue weighted by Gasteiger charge is 2.52. The first-order valence-electron chi connectivity index (χ1n) is 7.00. The first-order chi connectivity index (χ1) is 12.2. The third kappa shape index (κ3) is 4.92. The zero-order valence-corrected chi connectivity index (χ0v) is 15.4. The van der Waals surface area contributed by atoms with Crippen LogP contribution in [-0.2, 0) is 32.4 Å². The van der Waals surface area contributed by atoms with E-state index in [1.807, 2.05) is 4.98 Å². The molecule has 13 nitrogen and oxygen atoms in total. The fourth-order valence-electron chi connectivity index (χ4n) is 2.28. The maximum Gasteiger partial charge on any atom is 0.695 e. The summed E-state index contributed by atoms with van der Waals surface area (Å²) in [5.74, 6) is 0. The van der Waals surface area contributed by atoms with Crippen LogP contribution < -0.4 is 11.2 Å². The van der Waals surface area contributed by atoms with Gasteiger partial charge in [-0.15, -0.1) is 9.42 Å². The van der Waals surface area contributed by atoms with Crippen molar-refractivity contribution in [2.75, 3.05) is 20.6 Å². The summed E-state index contributed by atoms with van der Waals surface area (Å²) in [5, 5.41) is 0. The topological polar surface area (TPSA) is 176 Å². The second-order valence-electron chi connectivity index (χ2n) is 5.04. The fourth-order valence-corrected chi connectivity index (χ4v) is 3.15. The molecule has 6 atom stereocenters. The number of ether oxygens (including phenoxy) is 3. The Balaban J connectivity index is 2.32. The van der Waals surface area contributed by atoms with Crippen LogP contribution in [-0.4, -0.2) is 58.4 Å². The Bertz CT molecular complexity index is 808. The highest BCUT2D eigenvalue weighted by molar-refractivity contribution is 7.52. The zero-order valence-electron chi connectivity index (χ0n) is 13.6. The molecule has 0 aliphatic carbocycles. The summed E-state index contributed by atoms with van der Waals surface area (Å²) in [6, 6.07) is 1.06. The number of methoxy groups -OCH3 is 1. The van der Waals surface area contributed by atoms with Gasteiger partial charge in [-0.2, -0.15) is 0 Å². The van der Waals surface area contributed by atoms with Crippen LogP contribution in [0.4, 0.5) is 0 Å². The largest absolute Gasteiger partial charge is 0.695 e. The van der Waals surface area contributed by atoms with Gasteiger partial charge in [-0.25, -0.2) is 4.79 Å². The number of hydrogen-bond acceptors (Lipinski definition) is 9. The summed E-state index contributed by atoms with van der Waals surface area (Å²) in [6.07, 6.45) is -4.77. The van der Waals surface area contributed by atoms with E-state index in [0.29, 0.717) is 0 Å². The van der Waals surface area contributed by atoms with Gasteiger partial charge in [0.1, 0.15) is 6.10 Å². The lowest BCUT2D eigenvalue weighted by atomic mass is 10.2. The standard InChI is InChI=1S/C11H16N2O11P2/c1-20-7-8(24-25(16)17)10(22-5-26(18,19)21-2)23-9(7)13-4-3-6(14)12-11(13)15/h3-4,7-10H,5H2,1-2H3,(H2-,12,14,15,16,17,18,19)/p+1/t7-,8+,9-,10+/m1/s1. The van der Waals surface area contributed by atoms with Gasteiger partial charge in [0, 0.05) is 31.0 Å². The van der Waals surface area contributed by atoms with Crippen molar-refractivity contribution in [3.8, 4) is 0 Å². The van der Waals surface area contributed by atoms with Gasteiger partial charge in [0.25, 0.3) is 5.56 Å². The molecule has 0 aromatic carbocycles. The van der Waals surface area contributed by atoms with Crippen molar-refractivity contribution in [3.05, 3.63) is 33.1 Å². The van der Waals surface area contributed by atoms with Crippen LogP contribution in [0.3, 0.4) is 0 Å². The van der Waals surface area contributed by atoms with E-state index in [4.69, 9.17) is 23.6 Å². The Morgan fingerprint density at radius 3 is 2.62 bits per heavy atom. The Hall–Kier alpha value is -1.27. The number of aromatic nitrogens is 2. The van der Waals surface area contributed by atoms with E-state index < -0.39 is 58.2 Å². The van der Waals surface area contributed by atoms with Crippen molar-refractivity contribution in [3.63, 3.8) is 0 Å². The van der Waals surface area contributed by atoms with Crippen molar-refractivity contribution in [2.45, 2.75) is 24.7 Å². The predicted octanol–water partition coefficient (Wildman–Crippen LogP) is -0.753. The minimum Gasteiger partial charge on any atom is -0.374 e. The van der Waals surface area contributed by atoms with E-state index in [1.165, 1.54) is 7.11 Å². The van der Waals surface area contributed by atoms with E-state index in [0.717, 1.165) is 23.9 Å². The molecule has 1 saturated heterocycles. The molecule has 1 aromatic rings. The number of hydrogen-bond donors (Lipinski definition) is 3. The molecule has 1 aliphatic rings. The highest BCUT2D eigenvalue weighted by atomic mass is 31.2. The molecule has 1 fully saturated rings. The Kier molecular flexibility index (Phi) is 6.97. The number of rotatable bonds is 8. The second kappa shape index (κ2) is 8.61. The lowest BCUT2D eigenvalue weighted by Crippen LogP contribution is -2.39. The van der Waals surface area contributed by atoms with Gasteiger partial charge in [0.2, 0.25) is 0 Å². The van der Waals surface area contributed by atoms with Crippen LogP contribution in [0.1, 0.15) is 6.23 Å². The number of aromatic amines is 1. The summed E-state index contributed by atoms with van der Waals surface area (Å²) in [6.45, 7) is 0. The van der Waals surface area contributed by atoms with E-state index in [-0.39, 0.29) is 0 Å². The third-order valence-corrected chi connectivity index (χ3v) is 4.91. The van der Waals surface area contributed by atoms with Gasteiger partial charge in [0.15, 0.2) is 25.0 Å². The smallest absolute Gasteiger partial charge is 0.374 e. The summed E-state index contributed by atoms with van der Waals surface area (Å²) < 4.78 is 48.6. The Morgan fingerprint density at radius 1 is 1.38 bits per heavy atom. The van der Waals surface area contributed by atoms with Gasteiger partial charge in [-0.1, -0.05) is 0 Å². The number of nitrogens with one attached hydrogen (secondary N) is 1. The van der Waals surface area contributed by atoms with Gasteiger partial charge in [0.05, 0.1) is 0 Å². The van der Waals surface area contributed by atoms with E-state index >= 15 is 0 Å². The molecule has 0 spiro atoms. The summed E-state index contributed by atoms with van der Waals surface area (Å²) >= 11 is 0. The molecule has 0 bridgehead atoms. The van der Waals surface area contributed by atoms with Crippen LogP contribution in [0.25, 0.3) is 0 Å². The Morgan fingerprint density at radius 2 is 2.08 bits per heavy atom. The molecule has 2 unspecified atom stereocenters. The summed E-state index contributed by atoms with van der Waals surface area (Å²) in [5.41, 5.74) is -1.47. The van der Waals surface area contributed by atoms with Crippen LogP contribution in [0, 0.1) is 0 Å². The van der Waals surface area contributed by atoms with Gasteiger partial charge >= 0.3 is 21.5 Å². The van der Waals surface area contributed by atoms with E-state index in [9.17, 15) is 23.6 Å². The minimum absolute atomic E-state index is 0.640. The zero-order chi connectivity index (χ0) is 19.5. The SMILES string of the molecule is CO[C@@H]1[C@H](O[P+](=O)O)[C@@H](OCP(=O)(O)OC)O[C@H]1n1ccc(=O)[nH]c1=O. The lowest BCUT2D eigenvalue weighted by molar-refractivity contribution is -0.165. The van der Waals surface area contributed by atoms with Crippen LogP contribution >= 0.6 is 15.9 Å². The van der Waals surface area contributed by atoms with Crippen LogP contribution in [0.2, 0.25) is 0 Å². The van der Waals surface area contributed by atoms with E-state index in [1.54, 1.807) is 0 Å². The molecular weight excluding hydrogens is 398 g/mol. The van der Waals surface area contributed by atoms with E-state index in [2.05, 4.69) is 4.52 Å². The summed E-state index contributed by atoms with van der Waals surface area (Å²) in [7, 11) is -4.96. The normalized spacial score (nSPS) is 28.7. The van der Waals surface area contributed by atoms with Crippen LogP contribution in [0.15, 0.2) is 21.9 Å². The average molecular weight is 415 g/mol. The first-order valence-corrected chi connectivity index (χ1v) is 9.89. The third-order valence-electron chi connectivity index (χ3n) is 3.44. The molecule has 3 N–H and O–H groups in total.